The maximum Gasteiger partial charge on any atom is 0.142 e. The van der Waals surface area contributed by atoms with Crippen LogP contribution in [0.25, 0.3) is 0 Å². The first-order valence-corrected chi connectivity index (χ1v) is 8.05. The van der Waals surface area contributed by atoms with Crippen molar-refractivity contribution in [2.24, 2.45) is 5.92 Å². The van der Waals surface area contributed by atoms with Gasteiger partial charge >= 0.3 is 0 Å². The van der Waals surface area contributed by atoms with Gasteiger partial charge in [-0.25, -0.2) is 8.78 Å². The van der Waals surface area contributed by atoms with Crippen LogP contribution >= 0.6 is 11.6 Å². The molecule has 0 aliphatic heterocycles. The minimum Gasteiger partial charge on any atom is -0.598 e. The molecular formula is C14H18ClF2NOS. The smallest absolute Gasteiger partial charge is 0.142 e. The van der Waals surface area contributed by atoms with Crippen LogP contribution in [0.2, 0.25) is 5.02 Å². The molecule has 2 nitrogen and oxygen atoms in total. The highest BCUT2D eigenvalue weighted by molar-refractivity contribution is 7.90. The van der Waals surface area contributed by atoms with Crippen molar-refractivity contribution in [2.75, 3.05) is 0 Å². The minimum absolute atomic E-state index is 0.191. The second-order valence-electron chi connectivity index (χ2n) is 6.10. The molecule has 2 rings (SSSR count). The topological polar surface area (TPSA) is 35.1 Å². The van der Waals surface area contributed by atoms with Crippen LogP contribution in [0.4, 0.5) is 8.78 Å². The molecule has 1 aliphatic rings. The van der Waals surface area contributed by atoms with E-state index in [0.717, 1.165) is 25.0 Å². The lowest BCUT2D eigenvalue weighted by molar-refractivity contribution is 0.483. The summed E-state index contributed by atoms with van der Waals surface area (Å²) >= 11 is 4.23. The average molecular weight is 322 g/mol. The van der Waals surface area contributed by atoms with Crippen molar-refractivity contribution in [3.05, 3.63) is 34.4 Å². The van der Waals surface area contributed by atoms with E-state index in [1.54, 1.807) is 0 Å². The van der Waals surface area contributed by atoms with Gasteiger partial charge in [0.15, 0.2) is 0 Å². The molecule has 1 aromatic rings. The molecular weight excluding hydrogens is 304 g/mol. The highest BCUT2D eigenvalue weighted by Gasteiger charge is 2.39. The van der Waals surface area contributed by atoms with E-state index in [1.165, 1.54) is 0 Å². The van der Waals surface area contributed by atoms with Crippen molar-refractivity contribution in [3.8, 4) is 0 Å². The van der Waals surface area contributed by atoms with Gasteiger partial charge in [0, 0.05) is 16.9 Å². The predicted molar refractivity (Wildman–Crippen MR) is 77.9 cm³/mol. The van der Waals surface area contributed by atoms with Crippen LogP contribution in [0, 0.1) is 17.6 Å². The summed E-state index contributed by atoms with van der Waals surface area (Å²) in [6.45, 7) is 5.50. The van der Waals surface area contributed by atoms with Crippen molar-refractivity contribution in [3.63, 3.8) is 0 Å². The molecule has 1 N–H and O–H groups in total. The molecule has 0 spiro atoms. The summed E-state index contributed by atoms with van der Waals surface area (Å²) in [7, 11) is 0. The maximum atomic E-state index is 14.0. The van der Waals surface area contributed by atoms with Crippen molar-refractivity contribution >= 4 is 23.0 Å². The standard InChI is InChI=1S/C14H18ClF2NOS/c1-14(2,3)20(19)18-13(8-4-5-8)9-6-12(17)10(15)7-11(9)16/h6-8,13,18H,4-5H2,1-3H3/t13?,20-/m0/s1. The third kappa shape index (κ3) is 3.64. The molecule has 6 heteroatoms. The Labute approximate surface area is 126 Å². The summed E-state index contributed by atoms with van der Waals surface area (Å²) in [5.41, 5.74) is 0.201. The van der Waals surface area contributed by atoms with Crippen LogP contribution in [0.3, 0.4) is 0 Å². The normalized spacial score (nSPS) is 18.9. The Morgan fingerprint density at radius 1 is 1.30 bits per heavy atom. The molecule has 0 aromatic heterocycles. The van der Waals surface area contributed by atoms with Crippen LogP contribution < -0.4 is 4.72 Å². The van der Waals surface area contributed by atoms with E-state index in [0.29, 0.717) is 0 Å². The molecule has 0 heterocycles. The van der Waals surface area contributed by atoms with Crippen molar-refractivity contribution < 1.29 is 13.3 Å². The van der Waals surface area contributed by atoms with Gasteiger partial charge in [-0.2, -0.15) is 0 Å². The average Bonchev–Trinajstić information content (AvgIpc) is 3.13. The van der Waals surface area contributed by atoms with Gasteiger partial charge in [-0.15, -0.1) is 4.72 Å². The van der Waals surface area contributed by atoms with E-state index in [-0.39, 0.29) is 16.5 Å². The molecule has 1 saturated carbocycles. The maximum absolute atomic E-state index is 14.0. The molecule has 0 saturated heterocycles. The molecule has 1 fully saturated rings. The Morgan fingerprint density at radius 2 is 1.90 bits per heavy atom. The van der Waals surface area contributed by atoms with Crippen molar-refractivity contribution in [1.82, 2.24) is 4.72 Å². The van der Waals surface area contributed by atoms with Gasteiger partial charge in [-0.05, 0) is 51.7 Å². The van der Waals surface area contributed by atoms with E-state index in [2.05, 4.69) is 4.72 Å². The highest BCUT2D eigenvalue weighted by atomic mass is 35.5. The van der Waals surface area contributed by atoms with Gasteiger partial charge in [0.25, 0.3) is 0 Å². The summed E-state index contributed by atoms with van der Waals surface area (Å²) in [6, 6.07) is 1.64. The van der Waals surface area contributed by atoms with Gasteiger partial charge < -0.3 is 4.55 Å². The number of benzene rings is 1. The summed E-state index contributed by atoms with van der Waals surface area (Å²) in [4.78, 5) is 0. The molecule has 0 radical (unpaired) electrons. The Morgan fingerprint density at radius 3 is 2.40 bits per heavy atom. The summed E-state index contributed by atoms with van der Waals surface area (Å²) in [6.07, 6.45) is 1.84. The molecule has 0 amide bonds. The van der Waals surface area contributed by atoms with E-state index >= 15 is 0 Å². The van der Waals surface area contributed by atoms with Gasteiger partial charge in [0.2, 0.25) is 0 Å². The fraction of sp³-hybridized carbons (Fsp3) is 0.571. The second-order valence-corrected chi connectivity index (χ2v) is 8.51. The predicted octanol–water partition coefficient (Wildman–Crippen LogP) is 4.12. The van der Waals surface area contributed by atoms with E-state index in [1.807, 2.05) is 20.8 Å². The van der Waals surface area contributed by atoms with Gasteiger partial charge in [-0.1, -0.05) is 11.6 Å². The molecule has 112 valence electrons. The van der Waals surface area contributed by atoms with Crippen molar-refractivity contribution in [2.45, 2.75) is 44.4 Å². The summed E-state index contributed by atoms with van der Waals surface area (Å²) in [5, 5.41) is -0.238. The Kier molecular flexibility index (Phi) is 4.64. The number of halogens is 3. The molecule has 1 unspecified atom stereocenters. The zero-order valence-electron chi connectivity index (χ0n) is 11.7. The van der Waals surface area contributed by atoms with Gasteiger partial charge in [0.05, 0.1) is 11.1 Å². The number of rotatable bonds is 4. The van der Waals surface area contributed by atoms with E-state index in [4.69, 9.17) is 11.6 Å². The number of hydrogen-bond donors (Lipinski definition) is 1. The minimum atomic E-state index is -1.34. The lowest BCUT2D eigenvalue weighted by Crippen LogP contribution is -2.42. The molecule has 20 heavy (non-hydrogen) atoms. The Balaban J connectivity index is 2.28. The summed E-state index contributed by atoms with van der Waals surface area (Å²) < 4.78 is 42.3. The lowest BCUT2D eigenvalue weighted by atomic mass is 10.0. The number of nitrogens with one attached hydrogen (secondary N) is 1. The molecule has 2 atom stereocenters. The van der Waals surface area contributed by atoms with Crippen LogP contribution in [0.5, 0.6) is 0 Å². The van der Waals surface area contributed by atoms with Crippen LogP contribution in [-0.4, -0.2) is 9.30 Å². The number of hydrogen-bond acceptors (Lipinski definition) is 2. The second kappa shape index (κ2) is 5.79. The molecule has 1 aromatic carbocycles. The lowest BCUT2D eigenvalue weighted by Gasteiger charge is -2.28. The SMILES string of the molecule is CC(C)(C)[S@+]([O-])NC(c1cc(F)c(Cl)cc1F)C1CC1. The van der Waals surface area contributed by atoms with Crippen LogP contribution in [-0.2, 0) is 11.4 Å². The third-order valence-corrected chi connectivity index (χ3v) is 5.13. The Hall–Kier alpha value is -0.360. The van der Waals surface area contributed by atoms with Crippen LogP contribution in [0.1, 0.15) is 45.2 Å². The van der Waals surface area contributed by atoms with Crippen LogP contribution in [0.15, 0.2) is 12.1 Å². The fourth-order valence-corrected chi connectivity index (χ4v) is 2.97. The van der Waals surface area contributed by atoms with Gasteiger partial charge in [0.1, 0.15) is 16.4 Å². The Bertz CT molecular complexity index is 503. The van der Waals surface area contributed by atoms with Gasteiger partial charge in [-0.3, -0.25) is 0 Å². The monoisotopic (exact) mass is 321 g/mol. The molecule has 1 aliphatic carbocycles. The van der Waals surface area contributed by atoms with E-state index in [9.17, 15) is 13.3 Å². The summed E-state index contributed by atoms with van der Waals surface area (Å²) in [5.74, 6) is -1.03. The molecule has 0 bridgehead atoms. The zero-order chi connectivity index (χ0) is 15.1. The first kappa shape index (κ1) is 16.0. The zero-order valence-corrected chi connectivity index (χ0v) is 13.2. The third-order valence-electron chi connectivity index (χ3n) is 3.26. The quantitative estimate of drug-likeness (QED) is 0.668. The fourth-order valence-electron chi connectivity index (χ4n) is 1.91. The highest BCUT2D eigenvalue weighted by Crippen LogP contribution is 2.43. The van der Waals surface area contributed by atoms with E-state index < -0.39 is 33.8 Å². The largest absolute Gasteiger partial charge is 0.598 e. The first-order chi connectivity index (χ1) is 9.20. The first-order valence-electron chi connectivity index (χ1n) is 6.52. The van der Waals surface area contributed by atoms with Crippen molar-refractivity contribution in [1.29, 1.82) is 0 Å².